The van der Waals surface area contributed by atoms with Gasteiger partial charge >= 0.3 is 0 Å². The normalized spacial score (nSPS) is 10.6. The molecule has 0 atom stereocenters. The van der Waals surface area contributed by atoms with Gasteiger partial charge in [-0.1, -0.05) is 6.07 Å². The molecule has 0 saturated heterocycles. The fourth-order valence-electron chi connectivity index (χ4n) is 1.34. The van der Waals surface area contributed by atoms with Gasteiger partial charge in [0.15, 0.2) is 0 Å². The highest BCUT2D eigenvalue weighted by Crippen LogP contribution is 2.15. The highest BCUT2D eigenvalue weighted by Gasteiger charge is 2.06. The second-order valence-corrected chi connectivity index (χ2v) is 3.15. The summed E-state index contributed by atoms with van der Waals surface area (Å²) in [6.45, 7) is 0. The Bertz CT molecular complexity index is 516. The van der Waals surface area contributed by atoms with Gasteiger partial charge < -0.3 is 5.32 Å². The van der Waals surface area contributed by atoms with Crippen molar-refractivity contribution in [3.8, 4) is 11.3 Å². The number of amides is 1. The maximum absolute atomic E-state index is 11.5. The number of nitrogens with one attached hydrogen (secondary N) is 1. The highest BCUT2D eigenvalue weighted by atomic mass is 16.1. The van der Waals surface area contributed by atoms with Crippen molar-refractivity contribution in [3.05, 3.63) is 48.4 Å². The lowest BCUT2D eigenvalue weighted by atomic mass is 10.1. The van der Waals surface area contributed by atoms with Gasteiger partial charge in [-0.3, -0.25) is 14.8 Å². The van der Waals surface area contributed by atoms with Crippen molar-refractivity contribution in [2.45, 2.75) is 0 Å². The molecule has 80 valence electrons. The Hall–Kier alpha value is -2.23. The van der Waals surface area contributed by atoms with E-state index in [1.165, 1.54) is 0 Å². The van der Waals surface area contributed by atoms with Crippen LogP contribution in [0.15, 0.2) is 42.7 Å². The Balaban J connectivity index is 2.32. The van der Waals surface area contributed by atoms with Gasteiger partial charge in [-0.05, 0) is 24.3 Å². The first kappa shape index (κ1) is 9.03. The van der Waals surface area contributed by atoms with E-state index in [1.807, 2.05) is 18.2 Å². The van der Waals surface area contributed by atoms with Gasteiger partial charge in [0.05, 0.1) is 5.69 Å². The summed E-state index contributed by atoms with van der Waals surface area (Å²) in [6, 6.07) is 9.03. The largest absolute Gasteiger partial charge is 0.354 e. The fraction of sp³-hybridized carbons (Fsp3) is 0.0833. The predicted molar refractivity (Wildman–Crippen MR) is 60.9 cm³/mol. The molecule has 2 aromatic heterocycles. The first-order valence-electron chi connectivity index (χ1n) is 5.47. The summed E-state index contributed by atoms with van der Waals surface area (Å²) >= 11 is 0. The van der Waals surface area contributed by atoms with Gasteiger partial charge in [-0.25, -0.2) is 0 Å². The van der Waals surface area contributed by atoms with Crippen LogP contribution >= 0.6 is 0 Å². The minimum atomic E-state index is -0.349. The number of aromatic nitrogens is 2. The van der Waals surface area contributed by atoms with E-state index in [2.05, 4.69) is 15.3 Å². The summed E-state index contributed by atoms with van der Waals surface area (Å²) in [7, 11) is -0.158. The molecule has 1 amide bonds. The van der Waals surface area contributed by atoms with Crippen LogP contribution in [0.1, 0.15) is 11.9 Å². The first-order valence-corrected chi connectivity index (χ1v) is 4.76. The molecular formula is C12H11N3O. The van der Waals surface area contributed by atoms with Crippen LogP contribution in [0.5, 0.6) is 0 Å². The van der Waals surface area contributed by atoms with Gasteiger partial charge in [-0.15, -0.1) is 0 Å². The van der Waals surface area contributed by atoms with Gasteiger partial charge in [0.25, 0.3) is 5.91 Å². The third kappa shape index (κ3) is 2.06. The van der Waals surface area contributed by atoms with Crippen molar-refractivity contribution in [1.82, 2.24) is 15.3 Å². The van der Waals surface area contributed by atoms with Crippen LogP contribution in [0, 0.1) is 0 Å². The third-order valence-electron chi connectivity index (χ3n) is 2.11. The van der Waals surface area contributed by atoms with Crippen LogP contribution in [0.4, 0.5) is 0 Å². The maximum atomic E-state index is 11.5. The Labute approximate surface area is 94.8 Å². The summed E-state index contributed by atoms with van der Waals surface area (Å²) in [4.78, 5) is 19.7. The van der Waals surface area contributed by atoms with Crippen LogP contribution in [0.3, 0.4) is 0 Å². The zero-order valence-corrected chi connectivity index (χ0v) is 8.55. The molecule has 1 N–H and O–H groups in total. The minimum Gasteiger partial charge on any atom is -0.354 e. The van der Waals surface area contributed by atoms with E-state index in [0.717, 1.165) is 11.3 Å². The molecule has 0 aliphatic rings. The Kier molecular flexibility index (Phi) is 2.55. The van der Waals surface area contributed by atoms with E-state index >= 15 is 0 Å². The van der Waals surface area contributed by atoms with Crippen molar-refractivity contribution in [2.24, 2.45) is 0 Å². The third-order valence-corrected chi connectivity index (χ3v) is 2.11. The molecule has 0 bridgehead atoms. The second-order valence-electron chi connectivity index (χ2n) is 3.15. The average Bonchev–Trinajstić information content (AvgIpc) is 2.40. The van der Waals surface area contributed by atoms with Crippen molar-refractivity contribution < 1.29 is 6.17 Å². The highest BCUT2D eigenvalue weighted by molar-refractivity contribution is 5.93. The predicted octanol–water partition coefficient (Wildman–Crippen LogP) is 1.50. The minimum absolute atomic E-state index is 0.158. The fourth-order valence-corrected chi connectivity index (χ4v) is 1.34. The van der Waals surface area contributed by atoms with E-state index in [0.29, 0.717) is 5.69 Å². The number of nitrogens with zero attached hydrogens (tertiary/aromatic N) is 2. The molecule has 2 rings (SSSR count). The molecule has 4 heteroatoms. The topological polar surface area (TPSA) is 54.9 Å². The molecule has 0 saturated carbocycles. The number of hydrogen-bond donors (Lipinski definition) is 1. The zero-order valence-electron chi connectivity index (χ0n) is 9.55. The summed E-state index contributed by atoms with van der Waals surface area (Å²) in [5.74, 6) is -0.349. The lowest BCUT2D eigenvalue weighted by Crippen LogP contribution is -2.19. The van der Waals surface area contributed by atoms with Gasteiger partial charge in [0.1, 0.15) is 5.69 Å². The average molecular weight is 214 g/mol. The van der Waals surface area contributed by atoms with E-state index < -0.39 is 0 Å². The molecule has 16 heavy (non-hydrogen) atoms. The van der Waals surface area contributed by atoms with Gasteiger partial charge in [-0.2, -0.15) is 0 Å². The molecule has 0 fully saturated rings. The zero-order chi connectivity index (χ0) is 12.1. The summed E-state index contributed by atoms with van der Waals surface area (Å²) in [5, 5.41) is 2.39. The van der Waals surface area contributed by atoms with Crippen LogP contribution in [-0.2, 0) is 0 Å². The lowest BCUT2D eigenvalue weighted by molar-refractivity contribution is 0.0958. The molecule has 0 aliphatic carbocycles. The van der Waals surface area contributed by atoms with Crippen molar-refractivity contribution in [2.75, 3.05) is 7.02 Å². The monoisotopic (exact) mass is 214 g/mol. The molecule has 2 heterocycles. The van der Waals surface area contributed by atoms with E-state index in [-0.39, 0.29) is 12.9 Å². The number of pyridine rings is 2. The number of rotatable bonds is 2. The molecule has 2 aromatic rings. The van der Waals surface area contributed by atoms with Crippen molar-refractivity contribution >= 4 is 5.91 Å². The van der Waals surface area contributed by atoms with Crippen molar-refractivity contribution in [3.63, 3.8) is 0 Å². The number of carbonyl (C=O) groups is 1. The van der Waals surface area contributed by atoms with Gasteiger partial charge in [0.2, 0.25) is 0 Å². The molecule has 0 spiro atoms. The maximum Gasteiger partial charge on any atom is 0.269 e. The van der Waals surface area contributed by atoms with E-state index in [1.54, 1.807) is 24.5 Å². The van der Waals surface area contributed by atoms with Crippen LogP contribution in [0.2, 0.25) is 0 Å². The SMILES string of the molecule is [2H]CNC(=O)c1cc(-c2ccccn2)ccn1. The molecule has 0 unspecified atom stereocenters. The Morgan fingerprint density at radius 1 is 1.31 bits per heavy atom. The van der Waals surface area contributed by atoms with Crippen LogP contribution < -0.4 is 5.32 Å². The molecule has 0 aromatic carbocycles. The second kappa shape index (κ2) is 4.53. The molecule has 0 radical (unpaired) electrons. The number of carbonyl (C=O) groups excluding carboxylic acids is 1. The smallest absolute Gasteiger partial charge is 0.269 e. The standard InChI is InChI=1S/C12H11N3O/c1-13-12(16)11-8-9(5-7-15-11)10-4-2-3-6-14-10/h2-8H,1H3,(H,13,16)/i1D. The van der Waals surface area contributed by atoms with E-state index in [4.69, 9.17) is 1.37 Å². The Morgan fingerprint density at radius 2 is 2.25 bits per heavy atom. The van der Waals surface area contributed by atoms with Crippen LogP contribution in [0.25, 0.3) is 11.3 Å². The molecular weight excluding hydrogens is 202 g/mol. The van der Waals surface area contributed by atoms with Gasteiger partial charge in [0, 0.05) is 26.4 Å². The Morgan fingerprint density at radius 3 is 3.00 bits per heavy atom. The quantitative estimate of drug-likeness (QED) is 0.824. The first-order chi connectivity index (χ1) is 8.31. The summed E-state index contributed by atoms with van der Waals surface area (Å²) < 4.78 is 6.93. The number of hydrogen-bond acceptors (Lipinski definition) is 3. The molecule has 4 nitrogen and oxygen atoms in total. The summed E-state index contributed by atoms with van der Waals surface area (Å²) in [5.41, 5.74) is 1.91. The van der Waals surface area contributed by atoms with E-state index in [9.17, 15) is 4.79 Å². The lowest BCUT2D eigenvalue weighted by Gasteiger charge is -2.02. The van der Waals surface area contributed by atoms with Crippen molar-refractivity contribution in [1.29, 1.82) is 0 Å². The summed E-state index contributed by atoms with van der Waals surface area (Å²) in [6.07, 6.45) is 3.25. The van der Waals surface area contributed by atoms with Crippen LogP contribution in [-0.4, -0.2) is 22.9 Å². The molecule has 0 aliphatic heterocycles.